The van der Waals surface area contributed by atoms with E-state index in [9.17, 15) is 9.59 Å². The van der Waals surface area contributed by atoms with Gasteiger partial charge < -0.3 is 15.5 Å². The monoisotopic (exact) mass is 415 g/mol. The van der Waals surface area contributed by atoms with E-state index in [2.05, 4.69) is 26.6 Å². The largest absolute Gasteiger partial charge is 0.326 e. The van der Waals surface area contributed by atoms with Crippen molar-refractivity contribution in [1.29, 1.82) is 0 Å². The first-order chi connectivity index (χ1) is 12.5. The third kappa shape index (κ3) is 4.07. The lowest BCUT2D eigenvalue weighted by molar-refractivity contribution is -0.121. The number of carbonyl (C=O) groups is 2. The molecule has 2 aromatic carbocycles. The molecule has 0 fully saturated rings. The van der Waals surface area contributed by atoms with Crippen molar-refractivity contribution in [2.45, 2.75) is 26.3 Å². The minimum absolute atomic E-state index is 0.0223. The highest BCUT2D eigenvalue weighted by molar-refractivity contribution is 9.10. The Morgan fingerprint density at radius 1 is 1.08 bits per heavy atom. The zero-order valence-electron chi connectivity index (χ0n) is 14.8. The van der Waals surface area contributed by atoms with E-state index in [1.165, 1.54) is 5.56 Å². The van der Waals surface area contributed by atoms with Crippen LogP contribution in [0.3, 0.4) is 0 Å². The molecule has 0 aromatic heterocycles. The van der Waals surface area contributed by atoms with Crippen molar-refractivity contribution in [2.24, 2.45) is 5.92 Å². The highest BCUT2D eigenvalue weighted by atomic mass is 79.9. The van der Waals surface area contributed by atoms with Gasteiger partial charge >= 0.3 is 6.03 Å². The van der Waals surface area contributed by atoms with Crippen LogP contribution in [-0.4, -0.2) is 24.5 Å². The first kappa shape index (κ1) is 18.5. The molecule has 1 unspecified atom stereocenters. The summed E-state index contributed by atoms with van der Waals surface area (Å²) in [5, 5.41) is 5.61. The van der Waals surface area contributed by atoms with Crippen molar-refractivity contribution in [1.82, 2.24) is 5.32 Å². The Kier molecular flexibility index (Phi) is 5.61. The summed E-state index contributed by atoms with van der Waals surface area (Å²) < 4.78 is 0.936. The molecule has 136 valence electrons. The molecule has 2 N–H and O–H groups in total. The van der Waals surface area contributed by atoms with Crippen molar-refractivity contribution in [3.63, 3.8) is 0 Å². The number of para-hydroxylation sites is 1. The standard InChI is InChI=1S/C20H22BrN3O2/c1-13(2)18(23-20(26)22-16-9-7-15(21)8-10-16)19(25)24-12-11-14-5-3-4-6-17(14)24/h3-10,13,18H,11-12H2,1-2H3,(H2,22,23,26). The Morgan fingerprint density at radius 2 is 1.77 bits per heavy atom. The van der Waals surface area contributed by atoms with Gasteiger partial charge in [0.05, 0.1) is 0 Å². The average molecular weight is 416 g/mol. The van der Waals surface area contributed by atoms with Crippen LogP contribution in [0, 0.1) is 5.92 Å². The van der Waals surface area contributed by atoms with E-state index in [1.54, 1.807) is 17.0 Å². The lowest BCUT2D eigenvalue weighted by Gasteiger charge is -2.27. The molecule has 0 spiro atoms. The van der Waals surface area contributed by atoms with E-state index in [1.807, 2.05) is 50.2 Å². The molecule has 1 atom stereocenters. The van der Waals surface area contributed by atoms with Gasteiger partial charge in [-0.3, -0.25) is 4.79 Å². The Hall–Kier alpha value is -2.34. The molecule has 1 aliphatic rings. The van der Waals surface area contributed by atoms with Gasteiger partial charge in [-0.05, 0) is 48.2 Å². The van der Waals surface area contributed by atoms with Crippen LogP contribution >= 0.6 is 15.9 Å². The first-order valence-electron chi connectivity index (χ1n) is 8.68. The average Bonchev–Trinajstić information content (AvgIpc) is 3.05. The lowest BCUT2D eigenvalue weighted by atomic mass is 10.0. The first-order valence-corrected chi connectivity index (χ1v) is 9.47. The van der Waals surface area contributed by atoms with Crippen molar-refractivity contribution in [3.05, 3.63) is 58.6 Å². The van der Waals surface area contributed by atoms with E-state index in [0.717, 1.165) is 16.6 Å². The zero-order valence-corrected chi connectivity index (χ0v) is 16.4. The summed E-state index contributed by atoms with van der Waals surface area (Å²) in [5.74, 6) is -0.0955. The number of hydrogen-bond acceptors (Lipinski definition) is 2. The summed E-state index contributed by atoms with van der Waals surface area (Å²) >= 11 is 3.36. The van der Waals surface area contributed by atoms with Crippen LogP contribution in [-0.2, 0) is 11.2 Å². The van der Waals surface area contributed by atoms with Gasteiger partial charge in [-0.15, -0.1) is 0 Å². The quantitative estimate of drug-likeness (QED) is 0.786. The Labute approximate surface area is 161 Å². The van der Waals surface area contributed by atoms with Gasteiger partial charge in [-0.1, -0.05) is 48.0 Å². The fourth-order valence-corrected chi connectivity index (χ4v) is 3.35. The van der Waals surface area contributed by atoms with Gasteiger partial charge in [-0.2, -0.15) is 0 Å². The molecule has 2 aromatic rings. The van der Waals surface area contributed by atoms with Crippen LogP contribution < -0.4 is 15.5 Å². The van der Waals surface area contributed by atoms with Gasteiger partial charge in [0.2, 0.25) is 5.91 Å². The topological polar surface area (TPSA) is 61.4 Å². The number of urea groups is 1. The molecular weight excluding hydrogens is 394 g/mol. The van der Waals surface area contributed by atoms with Crippen LogP contribution in [0.2, 0.25) is 0 Å². The lowest BCUT2D eigenvalue weighted by Crippen LogP contribution is -2.52. The molecule has 3 rings (SSSR count). The third-order valence-electron chi connectivity index (χ3n) is 4.47. The molecule has 6 heteroatoms. The molecule has 1 heterocycles. The van der Waals surface area contributed by atoms with Crippen LogP contribution in [0.1, 0.15) is 19.4 Å². The summed E-state index contributed by atoms with van der Waals surface area (Å²) in [6, 6.07) is 14.2. The number of carbonyl (C=O) groups excluding carboxylic acids is 2. The van der Waals surface area contributed by atoms with E-state index in [0.29, 0.717) is 12.2 Å². The molecule has 3 amide bonds. The molecule has 0 saturated carbocycles. The number of nitrogens with zero attached hydrogens (tertiary/aromatic N) is 1. The number of hydrogen-bond donors (Lipinski definition) is 2. The molecule has 26 heavy (non-hydrogen) atoms. The predicted octanol–water partition coefficient (Wildman–Crippen LogP) is 4.18. The van der Waals surface area contributed by atoms with Crippen LogP contribution in [0.4, 0.5) is 16.2 Å². The maximum absolute atomic E-state index is 13.1. The Balaban J connectivity index is 1.70. The van der Waals surface area contributed by atoms with Crippen molar-refractivity contribution >= 4 is 39.2 Å². The van der Waals surface area contributed by atoms with Crippen molar-refractivity contribution in [3.8, 4) is 0 Å². The second-order valence-electron chi connectivity index (χ2n) is 6.70. The maximum Gasteiger partial charge on any atom is 0.319 e. The van der Waals surface area contributed by atoms with E-state index in [4.69, 9.17) is 0 Å². The minimum Gasteiger partial charge on any atom is -0.326 e. The van der Waals surface area contributed by atoms with Gasteiger partial charge in [0.25, 0.3) is 0 Å². The number of nitrogens with one attached hydrogen (secondary N) is 2. The molecular formula is C20H22BrN3O2. The second kappa shape index (κ2) is 7.91. The Bertz CT molecular complexity index is 805. The maximum atomic E-state index is 13.1. The van der Waals surface area contributed by atoms with Crippen molar-refractivity contribution < 1.29 is 9.59 Å². The highest BCUT2D eigenvalue weighted by Gasteiger charge is 2.32. The molecule has 0 bridgehead atoms. The number of amides is 3. The summed E-state index contributed by atoms with van der Waals surface area (Å²) in [6.45, 7) is 4.52. The fourth-order valence-electron chi connectivity index (χ4n) is 3.09. The van der Waals surface area contributed by atoms with Gasteiger partial charge in [0.15, 0.2) is 0 Å². The highest BCUT2D eigenvalue weighted by Crippen LogP contribution is 2.28. The second-order valence-corrected chi connectivity index (χ2v) is 7.61. The zero-order chi connectivity index (χ0) is 18.7. The molecule has 0 saturated heterocycles. The number of fused-ring (bicyclic) bond motifs is 1. The molecule has 5 nitrogen and oxygen atoms in total. The Morgan fingerprint density at radius 3 is 2.46 bits per heavy atom. The smallest absolute Gasteiger partial charge is 0.319 e. The fraction of sp³-hybridized carbons (Fsp3) is 0.300. The molecule has 1 aliphatic heterocycles. The van der Waals surface area contributed by atoms with Crippen LogP contribution in [0.15, 0.2) is 53.0 Å². The number of halogens is 1. The molecule has 0 aliphatic carbocycles. The number of benzene rings is 2. The van der Waals surface area contributed by atoms with E-state index >= 15 is 0 Å². The van der Waals surface area contributed by atoms with Gasteiger partial charge in [-0.25, -0.2) is 4.79 Å². The normalized spacial score (nSPS) is 14.1. The number of rotatable bonds is 4. The van der Waals surface area contributed by atoms with Crippen molar-refractivity contribution in [2.75, 3.05) is 16.8 Å². The number of anilines is 2. The van der Waals surface area contributed by atoms with Gasteiger partial charge in [0.1, 0.15) is 6.04 Å². The summed E-state index contributed by atoms with van der Waals surface area (Å²) in [4.78, 5) is 27.2. The SMILES string of the molecule is CC(C)C(NC(=O)Nc1ccc(Br)cc1)C(=O)N1CCc2ccccc21. The van der Waals surface area contributed by atoms with Crippen LogP contribution in [0.5, 0.6) is 0 Å². The summed E-state index contributed by atoms with van der Waals surface area (Å²) in [7, 11) is 0. The summed E-state index contributed by atoms with van der Waals surface area (Å²) in [6.07, 6.45) is 0.845. The molecule has 0 radical (unpaired) electrons. The summed E-state index contributed by atoms with van der Waals surface area (Å²) in [5.41, 5.74) is 2.79. The van der Waals surface area contributed by atoms with E-state index in [-0.39, 0.29) is 17.9 Å². The predicted molar refractivity (Wildman–Crippen MR) is 107 cm³/mol. The van der Waals surface area contributed by atoms with Crippen LogP contribution in [0.25, 0.3) is 0 Å². The third-order valence-corrected chi connectivity index (χ3v) is 5.00. The van der Waals surface area contributed by atoms with Gasteiger partial charge in [0, 0.05) is 22.4 Å². The minimum atomic E-state index is -0.586. The van der Waals surface area contributed by atoms with E-state index < -0.39 is 6.04 Å².